The predicted octanol–water partition coefficient (Wildman–Crippen LogP) is 2.74. The molecule has 1 heterocycles. The van der Waals surface area contributed by atoms with Gasteiger partial charge in [-0.05, 0) is 30.2 Å². The molecule has 0 aliphatic heterocycles. The quantitative estimate of drug-likeness (QED) is 0.730. The molecule has 0 unspecified atom stereocenters. The van der Waals surface area contributed by atoms with E-state index in [1.54, 1.807) is 19.4 Å². The molecule has 2 aromatic rings. The first-order chi connectivity index (χ1) is 10.3. The Bertz CT molecular complexity index is 586. The molecule has 0 radical (unpaired) electrons. The minimum absolute atomic E-state index is 0.618. The second-order valence-corrected chi connectivity index (χ2v) is 4.46. The molecule has 0 saturated heterocycles. The zero-order valence-electron chi connectivity index (χ0n) is 12.2. The Morgan fingerprint density at radius 1 is 1.29 bits per heavy atom. The molecule has 0 amide bonds. The molecule has 0 spiro atoms. The fourth-order valence-electron chi connectivity index (χ4n) is 1.87. The Labute approximate surface area is 125 Å². The maximum Gasteiger partial charge on any atom is 0.224 e. The highest BCUT2D eigenvalue weighted by molar-refractivity contribution is 5.40. The average Bonchev–Trinajstić information content (AvgIpc) is 2.53. The normalized spacial score (nSPS) is 9.95. The predicted molar refractivity (Wildman–Crippen MR) is 85.9 cm³/mol. The number of methoxy groups -OCH3 is 1. The van der Waals surface area contributed by atoms with Crippen LogP contribution in [-0.2, 0) is 6.42 Å². The average molecular weight is 284 g/mol. The minimum atomic E-state index is 0.618. The Hall–Kier alpha value is -2.56. The van der Waals surface area contributed by atoms with E-state index in [9.17, 15) is 0 Å². The number of benzene rings is 1. The third-order valence-corrected chi connectivity index (χ3v) is 2.91. The van der Waals surface area contributed by atoms with Crippen LogP contribution in [0.15, 0.2) is 49.2 Å². The molecule has 2 N–H and O–H groups in total. The van der Waals surface area contributed by atoms with Gasteiger partial charge in [-0.15, -0.1) is 6.58 Å². The summed E-state index contributed by atoms with van der Waals surface area (Å²) in [6.07, 6.45) is 4.40. The van der Waals surface area contributed by atoms with Gasteiger partial charge in [-0.2, -0.15) is 4.98 Å². The van der Waals surface area contributed by atoms with Crippen molar-refractivity contribution in [3.63, 3.8) is 0 Å². The van der Waals surface area contributed by atoms with Gasteiger partial charge in [-0.1, -0.05) is 18.2 Å². The van der Waals surface area contributed by atoms with Gasteiger partial charge in [0.25, 0.3) is 0 Å². The van der Waals surface area contributed by atoms with E-state index < -0.39 is 0 Å². The van der Waals surface area contributed by atoms with E-state index in [0.29, 0.717) is 12.5 Å². The van der Waals surface area contributed by atoms with Gasteiger partial charge in [0.15, 0.2) is 0 Å². The summed E-state index contributed by atoms with van der Waals surface area (Å²) in [6.45, 7) is 5.11. The van der Waals surface area contributed by atoms with Gasteiger partial charge < -0.3 is 15.4 Å². The Morgan fingerprint density at radius 2 is 2.19 bits per heavy atom. The Morgan fingerprint density at radius 3 is 3.00 bits per heavy atom. The van der Waals surface area contributed by atoms with Crippen LogP contribution in [0.4, 0.5) is 11.8 Å². The molecule has 5 nitrogen and oxygen atoms in total. The van der Waals surface area contributed by atoms with Gasteiger partial charge in [0, 0.05) is 19.3 Å². The van der Waals surface area contributed by atoms with Crippen LogP contribution < -0.4 is 15.4 Å². The molecule has 21 heavy (non-hydrogen) atoms. The molecule has 5 heteroatoms. The number of nitrogens with one attached hydrogen (secondary N) is 2. The number of hydrogen-bond acceptors (Lipinski definition) is 5. The van der Waals surface area contributed by atoms with Crippen molar-refractivity contribution in [3.8, 4) is 5.75 Å². The number of aromatic nitrogens is 2. The van der Waals surface area contributed by atoms with Crippen LogP contribution in [0.25, 0.3) is 0 Å². The van der Waals surface area contributed by atoms with Crippen molar-refractivity contribution in [2.75, 3.05) is 30.8 Å². The Kier molecular flexibility index (Phi) is 5.58. The zero-order valence-corrected chi connectivity index (χ0v) is 12.2. The third kappa shape index (κ3) is 4.80. The topological polar surface area (TPSA) is 59.1 Å². The monoisotopic (exact) mass is 284 g/mol. The molecule has 0 saturated carbocycles. The number of ether oxygens (including phenoxy) is 1. The fourth-order valence-corrected chi connectivity index (χ4v) is 1.87. The van der Waals surface area contributed by atoms with Gasteiger partial charge in [0.1, 0.15) is 11.6 Å². The first-order valence-electron chi connectivity index (χ1n) is 6.86. The van der Waals surface area contributed by atoms with E-state index >= 15 is 0 Å². The molecule has 0 aliphatic rings. The van der Waals surface area contributed by atoms with Crippen LogP contribution in [0.3, 0.4) is 0 Å². The number of anilines is 2. The molecule has 110 valence electrons. The summed E-state index contributed by atoms with van der Waals surface area (Å²) < 4.78 is 5.21. The van der Waals surface area contributed by atoms with Crippen molar-refractivity contribution in [2.24, 2.45) is 0 Å². The van der Waals surface area contributed by atoms with Gasteiger partial charge in [0.05, 0.1) is 7.11 Å². The van der Waals surface area contributed by atoms with Crippen molar-refractivity contribution < 1.29 is 4.74 Å². The molecule has 1 aromatic carbocycles. The smallest absolute Gasteiger partial charge is 0.224 e. The summed E-state index contributed by atoms with van der Waals surface area (Å²) in [7, 11) is 1.67. The highest BCUT2D eigenvalue weighted by Gasteiger charge is 1.99. The van der Waals surface area contributed by atoms with E-state index in [4.69, 9.17) is 4.74 Å². The van der Waals surface area contributed by atoms with E-state index in [-0.39, 0.29) is 0 Å². The lowest BCUT2D eigenvalue weighted by Crippen LogP contribution is -2.09. The second-order valence-electron chi connectivity index (χ2n) is 4.46. The summed E-state index contributed by atoms with van der Waals surface area (Å²) in [6, 6.07) is 9.87. The first-order valence-corrected chi connectivity index (χ1v) is 6.86. The second kappa shape index (κ2) is 7.89. The maximum atomic E-state index is 5.21. The van der Waals surface area contributed by atoms with Crippen molar-refractivity contribution >= 4 is 11.8 Å². The lowest BCUT2D eigenvalue weighted by molar-refractivity contribution is 0.414. The molecular weight excluding hydrogens is 264 g/mol. The van der Waals surface area contributed by atoms with E-state index in [1.807, 2.05) is 24.3 Å². The van der Waals surface area contributed by atoms with Gasteiger partial charge in [-0.3, -0.25) is 0 Å². The van der Waals surface area contributed by atoms with Crippen molar-refractivity contribution in [2.45, 2.75) is 6.42 Å². The van der Waals surface area contributed by atoms with E-state index in [1.165, 1.54) is 5.56 Å². The lowest BCUT2D eigenvalue weighted by atomic mass is 10.1. The van der Waals surface area contributed by atoms with Crippen LogP contribution in [0.5, 0.6) is 5.75 Å². The van der Waals surface area contributed by atoms with Crippen LogP contribution in [0.1, 0.15) is 5.56 Å². The summed E-state index contributed by atoms with van der Waals surface area (Å²) in [5, 5.41) is 6.35. The van der Waals surface area contributed by atoms with Crippen molar-refractivity contribution in [1.29, 1.82) is 0 Å². The SMILES string of the molecule is C=CCNc1ccnc(NCCc2cccc(OC)c2)n1. The van der Waals surface area contributed by atoms with Crippen LogP contribution in [-0.4, -0.2) is 30.2 Å². The summed E-state index contributed by atoms with van der Waals surface area (Å²) in [5.74, 6) is 2.28. The molecule has 0 fully saturated rings. The minimum Gasteiger partial charge on any atom is -0.497 e. The van der Waals surface area contributed by atoms with Crippen LogP contribution >= 0.6 is 0 Å². The molecule has 0 aliphatic carbocycles. The van der Waals surface area contributed by atoms with E-state index in [2.05, 4.69) is 33.2 Å². The van der Waals surface area contributed by atoms with Crippen molar-refractivity contribution in [3.05, 3.63) is 54.7 Å². The molecule has 1 aromatic heterocycles. The van der Waals surface area contributed by atoms with Crippen LogP contribution in [0, 0.1) is 0 Å². The lowest BCUT2D eigenvalue weighted by Gasteiger charge is -2.08. The Balaban J connectivity index is 1.86. The van der Waals surface area contributed by atoms with E-state index in [0.717, 1.165) is 24.5 Å². The molecular formula is C16H20N4O. The van der Waals surface area contributed by atoms with Crippen LogP contribution in [0.2, 0.25) is 0 Å². The zero-order chi connectivity index (χ0) is 14.9. The number of hydrogen-bond donors (Lipinski definition) is 2. The number of rotatable bonds is 8. The summed E-state index contributed by atoms with van der Waals surface area (Å²) >= 11 is 0. The standard InChI is InChI=1S/C16H20N4O/c1-3-9-17-15-8-11-19-16(20-15)18-10-7-13-5-4-6-14(12-13)21-2/h3-6,8,11-12H,1,7,9-10H2,2H3,(H2,17,18,19,20). The first kappa shape index (κ1) is 14.8. The summed E-state index contributed by atoms with van der Waals surface area (Å²) in [4.78, 5) is 8.57. The largest absolute Gasteiger partial charge is 0.497 e. The summed E-state index contributed by atoms with van der Waals surface area (Å²) in [5.41, 5.74) is 1.21. The molecule has 0 atom stereocenters. The third-order valence-electron chi connectivity index (χ3n) is 2.91. The highest BCUT2D eigenvalue weighted by Crippen LogP contribution is 2.13. The van der Waals surface area contributed by atoms with Crippen molar-refractivity contribution in [1.82, 2.24) is 9.97 Å². The molecule has 0 bridgehead atoms. The molecule has 2 rings (SSSR count). The maximum absolute atomic E-state index is 5.21. The van der Waals surface area contributed by atoms with Gasteiger partial charge >= 0.3 is 0 Å². The van der Waals surface area contributed by atoms with Gasteiger partial charge in [0.2, 0.25) is 5.95 Å². The highest BCUT2D eigenvalue weighted by atomic mass is 16.5. The number of nitrogens with zero attached hydrogens (tertiary/aromatic N) is 2. The van der Waals surface area contributed by atoms with Gasteiger partial charge in [-0.25, -0.2) is 4.98 Å². The fraction of sp³-hybridized carbons (Fsp3) is 0.250.